The number of aliphatic carboxylic acids is 1. The monoisotopic (exact) mass is 273 g/mol. The average molecular weight is 273 g/mol. The van der Waals surface area contributed by atoms with E-state index in [1.807, 2.05) is 0 Å². The maximum Gasteiger partial charge on any atom is 0.305 e. The summed E-state index contributed by atoms with van der Waals surface area (Å²) in [5.41, 5.74) is 0. The van der Waals surface area contributed by atoms with Gasteiger partial charge in [0.2, 0.25) is 11.8 Å². The Morgan fingerprint density at radius 1 is 1.37 bits per heavy atom. The van der Waals surface area contributed by atoms with Crippen molar-refractivity contribution in [3.05, 3.63) is 0 Å². The first-order valence-corrected chi connectivity index (χ1v) is 5.70. The van der Waals surface area contributed by atoms with E-state index in [9.17, 15) is 19.2 Å². The number of carboxylic acid groups (broad SMARTS) is 1. The number of carbonyl (C=O) groups excluding carboxylic acids is 3. The standard InChI is InChI=1S/C11H19N3O5/c1-7(12-2)11(19)14(3)5-9(16)13-8(6-15)4-10(17)18/h6-8,12H,4-5H2,1-3H3,(H,13,16)(H,17,18). The van der Waals surface area contributed by atoms with Gasteiger partial charge in [-0.3, -0.25) is 14.4 Å². The van der Waals surface area contributed by atoms with E-state index in [0.29, 0.717) is 6.29 Å². The second-order valence-electron chi connectivity index (χ2n) is 4.11. The molecule has 0 aromatic heterocycles. The number of carbonyl (C=O) groups is 4. The molecule has 2 unspecified atom stereocenters. The first-order valence-electron chi connectivity index (χ1n) is 5.70. The summed E-state index contributed by atoms with van der Waals surface area (Å²) in [5.74, 6) is -2.05. The topological polar surface area (TPSA) is 116 Å². The van der Waals surface area contributed by atoms with E-state index in [2.05, 4.69) is 10.6 Å². The van der Waals surface area contributed by atoms with Crippen LogP contribution in [0.1, 0.15) is 13.3 Å². The van der Waals surface area contributed by atoms with Crippen molar-refractivity contribution < 1.29 is 24.3 Å². The molecular formula is C11H19N3O5. The summed E-state index contributed by atoms with van der Waals surface area (Å²) in [6.07, 6.45) is -0.135. The van der Waals surface area contributed by atoms with E-state index in [1.165, 1.54) is 11.9 Å². The van der Waals surface area contributed by atoms with Crippen LogP contribution in [-0.2, 0) is 19.2 Å². The van der Waals surface area contributed by atoms with E-state index >= 15 is 0 Å². The van der Waals surface area contributed by atoms with Crippen molar-refractivity contribution in [1.82, 2.24) is 15.5 Å². The molecule has 8 nitrogen and oxygen atoms in total. The molecule has 0 spiro atoms. The lowest BCUT2D eigenvalue weighted by Crippen LogP contribution is -2.48. The van der Waals surface area contributed by atoms with Gasteiger partial charge in [0.25, 0.3) is 0 Å². The zero-order valence-electron chi connectivity index (χ0n) is 11.2. The lowest BCUT2D eigenvalue weighted by Gasteiger charge is -2.21. The van der Waals surface area contributed by atoms with E-state index in [1.54, 1.807) is 14.0 Å². The highest BCUT2D eigenvalue weighted by Gasteiger charge is 2.20. The minimum atomic E-state index is -1.19. The summed E-state index contributed by atoms with van der Waals surface area (Å²) < 4.78 is 0. The number of amides is 2. The number of carboxylic acids is 1. The van der Waals surface area contributed by atoms with Crippen LogP contribution in [-0.4, -0.2) is 66.8 Å². The molecule has 0 radical (unpaired) electrons. The van der Waals surface area contributed by atoms with Crippen molar-refractivity contribution in [3.63, 3.8) is 0 Å². The molecular weight excluding hydrogens is 254 g/mol. The smallest absolute Gasteiger partial charge is 0.305 e. The molecule has 0 heterocycles. The molecule has 0 aromatic rings. The Labute approximate surface area is 111 Å². The Bertz CT molecular complexity index is 358. The van der Waals surface area contributed by atoms with Gasteiger partial charge in [-0.05, 0) is 14.0 Å². The summed E-state index contributed by atoms with van der Waals surface area (Å²) in [4.78, 5) is 45.4. The summed E-state index contributed by atoms with van der Waals surface area (Å²) in [6.45, 7) is 1.41. The molecule has 0 aromatic carbocycles. The van der Waals surface area contributed by atoms with Gasteiger partial charge in [0, 0.05) is 7.05 Å². The minimum absolute atomic E-state index is 0.241. The van der Waals surface area contributed by atoms with Crippen LogP contribution in [0.4, 0.5) is 0 Å². The van der Waals surface area contributed by atoms with Crippen molar-refractivity contribution in [2.24, 2.45) is 0 Å². The highest BCUT2D eigenvalue weighted by atomic mass is 16.4. The van der Waals surface area contributed by atoms with Crippen LogP contribution in [0.25, 0.3) is 0 Å². The maximum absolute atomic E-state index is 11.7. The minimum Gasteiger partial charge on any atom is -0.481 e. The van der Waals surface area contributed by atoms with Crippen molar-refractivity contribution in [1.29, 1.82) is 0 Å². The molecule has 0 fully saturated rings. The lowest BCUT2D eigenvalue weighted by molar-refractivity contribution is -0.140. The van der Waals surface area contributed by atoms with E-state index < -0.39 is 30.4 Å². The number of nitrogens with zero attached hydrogens (tertiary/aromatic N) is 1. The second kappa shape index (κ2) is 8.20. The van der Waals surface area contributed by atoms with Crippen LogP contribution < -0.4 is 10.6 Å². The highest BCUT2D eigenvalue weighted by molar-refractivity contribution is 5.88. The predicted molar refractivity (Wildman–Crippen MR) is 66.4 cm³/mol. The molecule has 8 heteroatoms. The van der Waals surface area contributed by atoms with E-state index in [0.717, 1.165) is 0 Å². The van der Waals surface area contributed by atoms with Gasteiger partial charge in [0.05, 0.1) is 25.0 Å². The van der Waals surface area contributed by atoms with Gasteiger partial charge >= 0.3 is 5.97 Å². The van der Waals surface area contributed by atoms with Crippen molar-refractivity contribution in [3.8, 4) is 0 Å². The summed E-state index contributed by atoms with van der Waals surface area (Å²) in [5, 5.41) is 13.5. The summed E-state index contributed by atoms with van der Waals surface area (Å²) >= 11 is 0. The third kappa shape index (κ3) is 6.51. The molecule has 0 aliphatic heterocycles. The molecule has 0 aliphatic rings. The number of aldehydes is 1. The van der Waals surface area contributed by atoms with Crippen molar-refractivity contribution >= 4 is 24.1 Å². The van der Waals surface area contributed by atoms with Crippen LogP contribution in [0.2, 0.25) is 0 Å². The maximum atomic E-state index is 11.7. The molecule has 0 saturated heterocycles. The number of rotatable bonds is 8. The van der Waals surface area contributed by atoms with Gasteiger partial charge in [0.1, 0.15) is 6.29 Å². The van der Waals surface area contributed by atoms with Crippen LogP contribution >= 0.6 is 0 Å². The van der Waals surface area contributed by atoms with Gasteiger partial charge in [-0.15, -0.1) is 0 Å². The first-order chi connectivity index (χ1) is 8.81. The zero-order chi connectivity index (χ0) is 15.0. The van der Waals surface area contributed by atoms with E-state index in [-0.39, 0.29) is 12.5 Å². The molecule has 108 valence electrons. The molecule has 0 aliphatic carbocycles. The largest absolute Gasteiger partial charge is 0.481 e. The fourth-order valence-electron chi connectivity index (χ4n) is 1.32. The van der Waals surface area contributed by atoms with Crippen molar-refractivity contribution in [2.45, 2.75) is 25.4 Å². The molecule has 3 N–H and O–H groups in total. The van der Waals surface area contributed by atoms with Gasteiger partial charge < -0.3 is 25.4 Å². The molecule has 2 atom stereocenters. The Morgan fingerprint density at radius 3 is 2.37 bits per heavy atom. The van der Waals surface area contributed by atoms with Crippen LogP contribution in [0.5, 0.6) is 0 Å². The SMILES string of the molecule is CNC(C)C(=O)N(C)CC(=O)NC(C=O)CC(=O)O. The van der Waals surface area contributed by atoms with Crippen LogP contribution in [0, 0.1) is 0 Å². The first kappa shape index (κ1) is 17.0. The van der Waals surface area contributed by atoms with Gasteiger partial charge in [-0.25, -0.2) is 0 Å². The molecule has 0 rings (SSSR count). The normalized spacial score (nSPS) is 13.2. The molecule has 19 heavy (non-hydrogen) atoms. The fourth-order valence-corrected chi connectivity index (χ4v) is 1.32. The quantitative estimate of drug-likeness (QED) is 0.450. The Hall–Kier alpha value is -1.96. The second-order valence-corrected chi connectivity index (χ2v) is 4.11. The summed E-state index contributed by atoms with van der Waals surface area (Å²) in [7, 11) is 3.06. The number of hydrogen-bond donors (Lipinski definition) is 3. The third-order valence-electron chi connectivity index (χ3n) is 2.47. The van der Waals surface area contributed by atoms with E-state index in [4.69, 9.17) is 5.11 Å². The predicted octanol–water partition coefficient (Wildman–Crippen LogP) is -1.79. The Balaban J connectivity index is 4.33. The van der Waals surface area contributed by atoms with Crippen molar-refractivity contribution in [2.75, 3.05) is 20.6 Å². The van der Waals surface area contributed by atoms with Gasteiger partial charge in [-0.1, -0.05) is 0 Å². The Kier molecular flexibility index (Phi) is 7.35. The zero-order valence-corrected chi connectivity index (χ0v) is 11.2. The Morgan fingerprint density at radius 2 is 1.95 bits per heavy atom. The number of nitrogens with one attached hydrogen (secondary N) is 2. The van der Waals surface area contributed by atoms with Crippen LogP contribution in [0.3, 0.4) is 0 Å². The number of hydrogen-bond acceptors (Lipinski definition) is 5. The fraction of sp³-hybridized carbons (Fsp3) is 0.636. The van der Waals surface area contributed by atoms with Crippen LogP contribution in [0.15, 0.2) is 0 Å². The molecule has 0 saturated carbocycles. The van der Waals surface area contributed by atoms with Gasteiger partial charge in [-0.2, -0.15) is 0 Å². The number of likely N-dealkylation sites (N-methyl/N-ethyl adjacent to an activating group) is 2. The molecule has 0 bridgehead atoms. The lowest BCUT2D eigenvalue weighted by atomic mass is 10.2. The van der Waals surface area contributed by atoms with Gasteiger partial charge in [0.15, 0.2) is 0 Å². The summed E-state index contributed by atoms with van der Waals surface area (Å²) in [6, 6.07) is -1.52. The highest BCUT2D eigenvalue weighted by Crippen LogP contribution is 1.93. The third-order valence-corrected chi connectivity index (χ3v) is 2.47. The molecule has 2 amide bonds. The average Bonchev–Trinajstić information content (AvgIpc) is 2.35.